The molecule has 0 aliphatic rings. The lowest BCUT2D eigenvalue weighted by Gasteiger charge is -2.57. The van der Waals surface area contributed by atoms with Crippen molar-refractivity contribution in [3.8, 4) is 0 Å². The van der Waals surface area contributed by atoms with Crippen molar-refractivity contribution in [2.24, 2.45) is 16.7 Å². The molecule has 10 nitrogen and oxygen atoms in total. The summed E-state index contributed by atoms with van der Waals surface area (Å²) in [6.07, 6.45) is 88.7. The summed E-state index contributed by atoms with van der Waals surface area (Å²) in [4.78, 5) is 74.6. The zero-order valence-corrected chi connectivity index (χ0v) is 73.7. The number of carboxylic acids is 4. The topological polar surface area (TPSA) is 176 Å². The van der Waals surface area contributed by atoms with E-state index in [1.807, 2.05) is 0 Å². The molecule has 0 rings (SSSR count). The second kappa shape index (κ2) is 80.3. The van der Waals surface area contributed by atoms with Gasteiger partial charge in [-0.15, -0.1) is 0 Å². The Labute approximate surface area is 677 Å². The number of carbonyl (C=O) groups is 5. The summed E-state index contributed by atoms with van der Waals surface area (Å²) in [7, 11) is 0. The van der Waals surface area contributed by atoms with Gasteiger partial charge in [0.2, 0.25) is 0 Å². The summed E-state index contributed by atoms with van der Waals surface area (Å²) in [5, 5.41) is 48.3. The third-order valence-corrected chi connectivity index (χ3v) is 25.2. The number of unbranched alkanes of at least 4 members (excludes halogenated alkanes) is 71. The molecule has 3 atom stereocenters. The van der Waals surface area contributed by atoms with Crippen LogP contribution in [-0.2, 0) is 28.7 Å². The highest BCUT2D eigenvalue weighted by atomic mass is 16.6. The Morgan fingerprint density at radius 2 is 0.468 bits per heavy atom. The van der Waals surface area contributed by atoms with Crippen molar-refractivity contribution in [2.45, 2.75) is 573 Å². The van der Waals surface area contributed by atoms with E-state index in [1.165, 1.54) is 295 Å². The summed E-state index contributed by atoms with van der Waals surface area (Å²) in [6.45, 7) is 11.3. The van der Waals surface area contributed by atoms with Crippen LogP contribution >= 0.6 is 0 Å². The normalized spacial score (nSPS) is 13.3. The van der Waals surface area contributed by atoms with E-state index in [4.69, 9.17) is 4.74 Å². The minimum atomic E-state index is -2.49. The first-order valence-corrected chi connectivity index (χ1v) is 49.1. The van der Waals surface area contributed by atoms with Crippen molar-refractivity contribution in [1.29, 1.82) is 0 Å². The molecule has 0 heterocycles. The lowest BCUT2D eigenvalue weighted by atomic mass is 9.46. The molecular formula is C99H188O10. The standard InChI is InChI=1S/C99H188O10/c1-6-11-16-21-26-31-36-41-46-51-56-61-66-71-76-81-86-97(95(105)106,87-82-77-72-67-62-57-52-47-42-37-32-27-22-17-12-7-2)98(96(107)108,88-83-78-73-68-63-58-53-48-43-38-33-28-23-18-13-8-3)99(91(94(103)104)90-92(100)101,89-84-79-74-69-64-59-54-49-44-39-34-29-24-19-14-9-4)109-93(102)85-80-75-70-65-60-55-50-45-40-35-30-25-20-15-10-5/h45,50,91H,6-44,46-49,51-90H2,1-5H3,(H,100,101)(H,103,104)(H,105,106)(H,107,108)/b50-45-. The smallest absolute Gasteiger partial charge is 0.314 e. The molecule has 0 bridgehead atoms. The molecule has 3 unspecified atom stereocenters. The fourth-order valence-electron chi connectivity index (χ4n) is 18.2. The summed E-state index contributed by atoms with van der Waals surface area (Å²) in [5.74, 6) is -8.47. The van der Waals surface area contributed by atoms with Gasteiger partial charge in [-0.2, -0.15) is 0 Å². The Morgan fingerprint density at radius 3 is 0.688 bits per heavy atom. The van der Waals surface area contributed by atoms with Gasteiger partial charge in [0.15, 0.2) is 0 Å². The van der Waals surface area contributed by atoms with Crippen LogP contribution in [0.5, 0.6) is 0 Å². The number of esters is 1. The van der Waals surface area contributed by atoms with E-state index >= 15 is 14.4 Å². The minimum absolute atomic E-state index is 0.0173. The van der Waals surface area contributed by atoms with Gasteiger partial charge in [-0.25, -0.2) is 0 Å². The van der Waals surface area contributed by atoms with Crippen LogP contribution < -0.4 is 0 Å². The molecule has 0 aromatic rings. The highest BCUT2D eigenvalue weighted by Gasteiger charge is 2.74. The summed E-state index contributed by atoms with van der Waals surface area (Å²) in [5.41, 5.74) is -7.04. The van der Waals surface area contributed by atoms with Gasteiger partial charge in [-0.1, -0.05) is 503 Å². The third kappa shape index (κ3) is 57.7. The molecule has 644 valence electrons. The average molecular weight is 1540 g/mol. The minimum Gasteiger partial charge on any atom is -0.481 e. The first-order chi connectivity index (χ1) is 53.3. The molecule has 0 aromatic heterocycles. The number of aliphatic carboxylic acids is 4. The van der Waals surface area contributed by atoms with Crippen LogP contribution in [-0.4, -0.2) is 55.9 Å². The largest absolute Gasteiger partial charge is 0.481 e. The van der Waals surface area contributed by atoms with Crippen LogP contribution in [0.4, 0.5) is 0 Å². The number of hydrogen-bond donors (Lipinski definition) is 4. The highest BCUT2D eigenvalue weighted by molar-refractivity contribution is 5.91. The lowest BCUT2D eigenvalue weighted by Crippen LogP contribution is -2.70. The van der Waals surface area contributed by atoms with Gasteiger partial charge in [-0.05, 0) is 64.2 Å². The van der Waals surface area contributed by atoms with Gasteiger partial charge in [0.25, 0.3) is 0 Å². The van der Waals surface area contributed by atoms with Crippen LogP contribution in [0.25, 0.3) is 0 Å². The molecule has 109 heavy (non-hydrogen) atoms. The fourth-order valence-corrected chi connectivity index (χ4v) is 18.2. The summed E-state index contributed by atoms with van der Waals surface area (Å²) in [6, 6.07) is 0. The molecule has 10 heteroatoms. The zero-order valence-electron chi connectivity index (χ0n) is 73.7. The molecule has 0 aromatic carbocycles. The molecule has 0 saturated heterocycles. The Morgan fingerprint density at radius 1 is 0.257 bits per heavy atom. The quantitative estimate of drug-likeness (QED) is 0.0261. The Kier molecular flexibility index (Phi) is 78.1. The van der Waals surface area contributed by atoms with Crippen LogP contribution in [0.15, 0.2) is 12.2 Å². The lowest BCUT2D eigenvalue weighted by molar-refractivity contribution is -0.240. The van der Waals surface area contributed by atoms with Crippen LogP contribution in [0.2, 0.25) is 0 Å². The van der Waals surface area contributed by atoms with Gasteiger partial charge in [0, 0.05) is 6.42 Å². The molecule has 4 N–H and O–H groups in total. The molecule has 0 radical (unpaired) electrons. The van der Waals surface area contributed by atoms with Gasteiger partial charge in [0.1, 0.15) is 16.9 Å². The van der Waals surface area contributed by atoms with E-state index in [1.54, 1.807) is 0 Å². The van der Waals surface area contributed by atoms with Gasteiger partial charge >= 0.3 is 29.8 Å². The van der Waals surface area contributed by atoms with E-state index in [0.29, 0.717) is 51.4 Å². The third-order valence-electron chi connectivity index (χ3n) is 25.2. The Hall–Kier alpha value is -2.91. The molecule has 0 fully saturated rings. The zero-order chi connectivity index (χ0) is 79.8. The highest BCUT2D eigenvalue weighted by Crippen LogP contribution is 2.63. The van der Waals surface area contributed by atoms with E-state index in [0.717, 1.165) is 141 Å². The predicted octanol–water partition coefficient (Wildman–Crippen LogP) is 33.2. The van der Waals surface area contributed by atoms with Crippen molar-refractivity contribution in [2.75, 3.05) is 0 Å². The van der Waals surface area contributed by atoms with E-state index in [2.05, 4.69) is 46.8 Å². The second-order valence-corrected chi connectivity index (χ2v) is 35.0. The number of allylic oxidation sites excluding steroid dienone is 2. The maximum Gasteiger partial charge on any atom is 0.314 e. The van der Waals surface area contributed by atoms with E-state index < -0.39 is 58.6 Å². The predicted molar refractivity (Wildman–Crippen MR) is 468 cm³/mol. The second-order valence-electron chi connectivity index (χ2n) is 35.0. The molecular weight excluding hydrogens is 1350 g/mol. The SMILES string of the molecule is CCCCCCCC/C=C\CCCCCCCC(=O)OC(CCCCCCCCCCCCCCCCCC)(C(CC(=O)O)C(=O)O)C(CCCCCCCCCCCCCCCCCC)(C(=O)O)C(CCCCCCCCCCCCCCCCCC)(CCCCCCCCCCCCCCCCCC)C(=O)O. The Bertz CT molecular complexity index is 1980. The van der Waals surface area contributed by atoms with Crippen molar-refractivity contribution in [3.05, 3.63) is 12.2 Å². The molecule has 0 aliphatic carbocycles. The Balaban J connectivity index is 7.61. The van der Waals surface area contributed by atoms with Gasteiger partial charge in [0.05, 0.1) is 11.8 Å². The van der Waals surface area contributed by atoms with Crippen molar-refractivity contribution >= 4 is 29.8 Å². The van der Waals surface area contributed by atoms with E-state index in [9.17, 15) is 30.0 Å². The number of carboxylic acid groups (broad SMARTS) is 4. The van der Waals surface area contributed by atoms with Gasteiger partial charge in [-0.3, -0.25) is 24.0 Å². The van der Waals surface area contributed by atoms with Gasteiger partial charge < -0.3 is 25.2 Å². The molecule has 0 aliphatic heterocycles. The average Bonchev–Trinajstić information content (AvgIpc) is 0.697. The number of carbonyl (C=O) groups excluding carboxylic acids is 1. The van der Waals surface area contributed by atoms with Crippen LogP contribution in [0.3, 0.4) is 0 Å². The van der Waals surface area contributed by atoms with Crippen molar-refractivity contribution < 1.29 is 49.1 Å². The van der Waals surface area contributed by atoms with Crippen LogP contribution in [0, 0.1) is 16.7 Å². The maximum atomic E-state index is 15.8. The summed E-state index contributed by atoms with van der Waals surface area (Å²) < 4.78 is 7.00. The van der Waals surface area contributed by atoms with E-state index in [-0.39, 0.29) is 38.5 Å². The fraction of sp³-hybridized carbons (Fsp3) is 0.929. The number of rotatable bonds is 92. The molecule has 0 spiro atoms. The maximum absolute atomic E-state index is 15.8. The first-order valence-electron chi connectivity index (χ1n) is 49.1. The number of hydrogen-bond acceptors (Lipinski definition) is 6. The van der Waals surface area contributed by atoms with Crippen molar-refractivity contribution in [3.63, 3.8) is 0 Å². The molecule has 0 amide bonds. The van der Waals surface area contributed by atoms with Crippen molar-refractivity contribution in [1.82, 2.24) is 0 Å². The molecule has 0 saturated carbocycles. The monoisotopic (exact) mass is 1540 g/mol. The summed E-state index contributed by atoms with van der Waals surface area (Å²) >= 11 is 0. The number of ether oxygens (including phenoxy) is 1. The first kappa shape index (κ1) is 106. The van der Waals surface area contributed by atoms with Crippen LogP contribution in [0.1, 0.15) is 568 Å².